The van der Waals surface area contributed by atoms with Gasteiger partial charge in [0.15, 0.2) is 0 Å². The first-order valence-corrected chi connectivity index (χ1v) is 6.69. The normalized spacial score (nSPS) is 11.5. The SMILES string of the molecule is CCOc1ccc2c(ccn2CCC(C)(C)C#N)c1. The summed E-state index contributed by atoms with van der Waals surface area (Å²) >= 11 is 0. The van der Waals surface area contributed by atoms with Gasteiger partial charge in [-0.1, -0.05) is 0 Å². The van der Waals surface area contributed by atoms with Gasteiger partial charge in [0.05, 0.1) is 18.1 Å². The molecule has 0 atom stereocenters. The van der Waals surface area contributed by atoms with Crippen LogP contribution in [0, 0.1) is 16.7 Å². The Balaban J connectivity index is 2.19. The fourth-order valence-corrected chi connectivity index (χ4v) is 2.09. The highest BCUT2D eigenvalue weighted by Gasteiger charge is 2.16. The maximum atomic E-state index is 9.06. The molecule has 0 aliphatic rings. The van der Waals surface area contributed by atoms with Gasteiger partial charge in [0, 0.05) is 23.6 Å². The number of nitriles is 1. The molecule has 1 aromatic carbocycles. The third-order valence-corrected chi connectivity index (χ3v) is 3.33. The van der Waals surface area contributed by atoms with Crippen LogP contribution in [-0.2, 0) is 6.54 Å². The summed E-state index contributed by atoms with van der Waals surface area (Å²) in [6.45, 7) is 7.48. The van der Waals surface area contributed by atoms with Crippen molar-refractivity contribution in [3.8, 4) is 11.8 Å². The van der Waals surface area contributed by atoms with Crippen LogP contribution >= 0.6 is 0 Å². The smallest absolute Gasteiger partial charge is 0.120 e. The highest BCUT2D eigenvalue weighted by Crippen LogP contribution is 2.25. The van der Waals surface area contributed by atoms with Crippen LogP contribution < -0.4 is 4.74 Å². The van der Waals surface area contributed by atoms with Gasteiger partial charge in [0.2, 0.25) is 0 Å². The number of hydrogen-bond donors (Lipinski definition) is 0. The molecule has 0 fully saturated rings. The number of nitrogens with zero attached hydrogens (tertiary/aromatic N) is 2. The second-order valence-electron chi connectivity index (χ2n) is 5.41. The molecule has 0 saturated carbocycles. The van der Waals surface area contributed by atoms with Crippen molar-refractivity contribution in [2.45, 2.75) is 33.7 Å². The van der Waals surface area contributed by atoms with Gasteiger partial charge in [0.25, 0.3) is 0 Å². The van der Waals surface area contributed by atoms with E-state index >= 15 is 0 Å². The third-order valence-electron chi connectivity index (χ3n) is 3.33. The van der Waals surface area contributed by atoms with Crippen molar-refractivity contribution in [1.82, 2.24) is 4.57 Å². The second kappa shape index (κ2) is 5.36. The lowest BCUT2D eigenvalue weighted by molar-refractivity contribution is 0.340. The van der Waals surface area contributed by atoms with Gasteiger partial charge in [-0.15, -0.1) is 0 Å². The van der Waals surface area contributed by atoms with E-state index in [1.807, 2.05) is 26.8 Å². The minimum Gasteiger partial charge on any atom is -0.494 e. The van der Waals surface area contributed by atoms with Gasteiger partial charge in [0.1, 0.15) is 5.75 Å². The van der Waals surface area contributed by atoms with Crippen molar-refractivity contribution in [2.24, 2.45) is 5.41 Å². The van der Waals surface area contributed by atoms with Gasteiger partial charge >= 0.3 is 0 Å². The molecule has 1 aromatic heterocycles. The highest BCUT2D eigenvalue weighted by atomic mass is 16.5. The quantitative estimate of drug-likeness (QED) is 0.811. The molecule has 3 heteroatoms. The number of hydrogen-bond acceptors (Lipinski definition) is 2. The molecule has 3 nitrogen and oxygen atoms in total. The van der Waals surface area contributed by atoms with Crippen LogP contribution in [0.3, 0.4) is 0 Å². The zero-order valence-corrected chi connectivity index (χ0v) is 11.8. The molecule has 0 bridgehead atoms. The third kappa shape index (κ3) is 3.08. The average Bonchev–Trinajstić information content (AvgIpc) is 2.79. The first-order chi connectivity index (χ1) is 9.05. The molecule has 0 spiro atoms. The van der Waals surface area contributed by atoms with Gasteiger partial charge < -0.3 is 9.30 Å². The van der Waals surface area contributed by atoms with Crippen LogP contribution in [0.2, 0.25) is 0 Å². The Labute approximate surface area is 114 Å². The fraction of sp³-hybridized carbons (Fsp3) is 0.438. The number of rotatable bonds is 5. The zero-order valence-electron chi connectivity index (χ0n) is 11.8. The summed E-state index contributed by atoms with van der Waals surface area (Å²) in [5.74, 6) is 0.908. The molecule has 1 heterocycles. The Hall–Kier alpha value is -1.95. The van der Waals surface area contributed by atoms with E-state index in [0.29, 0.717) is 6.61 Å². The van der Waals surface area contributed by atoms with Crippen LogP contribution in [0.1, 0.15) is 27.2 Å². The molecule has 2 rings (SSSR count). The highest BCUT2D eigenvalue weighted by molar-refractivity contribution is 5.81. The largest absolute Gasteiger partial charge is 0.494 e. The van der Waals surface area contributed by atoms with Crippen molar-refractivity contribution in [2.75, 3.05) is 6.61 Å². The fourth-order valence-electron chi connectivity index (χ4n) is 2.09. The number of ether oxygens (including phenoxy) is 1. The van der Waals surface area contributed by atoms with E-state index in [1.54, 1.807) is 0 Å². The number of benzene rings is 1. The lowest BCUT2D eigenvalue weighted by Crippen LogP contribution is -2.11. The molecule has 100 valence electrons. The zero-order chi connectivity index (χ0) is 13.9. The number of aryl methyl sites for hydroxylation is 1. The van der Waals surface area contributed by atoms with Gasteiger partial charge in [-0.3, -0.25) is 0 Å². The van der Waals surface area contributed by atoms with E-state index in [0.717, 1.165) is 18.7 Å². The van der Waals surface area contributed by atoms with Crippen molar-refractivity contribution in [3.63, 3.8) is 0 Å². The molecule has 0 unspecified atom stereocenters. The van der Waals surface area contributed by atoms with Crippen LogP contribution in [0.4, 0.5) is 0 Å². The molecule has 0 aliphatic heterocycles. The average molecular weight is 256 g/mol. The Morgan fingerprint density at radius 3 is 2.79 bits per heavy atom. The molecular weight excluding hydrogens is 236 g/mol. The van der Waals surface area contributed by atoms with Crippen LogP contribution in [0.25, 0.3) is 10.9 Å². The molecule has 0 radical (unpaired) electrons. The van der Waals surface area contributed by atoms with Crippen LogP contribution in [0.15, 0.2) is 30.5 Å². The standard InChI is InChI=1S/C16H20N2O/c1-4-19-14-5-6-15-13(11-14)7-9-18(15)10-8-16(2,3)12-17/h5-7,9,11H,4,8,10H2,1-3H3. The first-order valence-electron chi connectivity index (χ1n) is 6.69. The van der Waals surface area contributed by atoms with Gasteiger partial charge in [-0.2, -0.15) is 5.26 Å². The van der Waals surface area contributed by atoms with Crippen molar-refractivity contribution in [3.05, 3.63) is 30.5 Å². The molecular formula is C16H20N2O. The molecule has 0 aliphatic carbocycles. The van der Waals surface area contributed by atoms with Crippen LogP contribution in [-0.4, -0.2) is 11.2 Å². The van der Waals surface area contributed by atoms with Gasteiger partial charge in [-0.05, 0) is 51.5 Å². The molecule has 0 saturated heterocycles. The summed E-state index contributed by atoms with van der Waals surface area (Å²) in [5, 5.41) is 10.2. The van der Waals surface area contributed by atoms with E-state index in [9.17, 15) is 0 Å². The minimum absolute atomic E-state index is 0.276. The van der Waals surface area contributed by atoms with E-state index in [4.69, 9.17) is 10.00 Å². The summed E-state index contributed by atoms with van der Waals surface area (Å²) in [6, 6.07) is 10.6. The summed E-state index contributed by atoms with van der Waals surface area (Å²) in [7, 11) is 0. The first kappa shape index (κ1) is 13.5. The Bertz CT molecular complexity index is 605. The van der Waals surface area contributed by atoms with Crippen molar-refractivity contribution < 1.29 is 4.74 Å². The predicted octanol–water partition coefficient (Wildman–Crippen LogP) is 3.98. The molecule has 19 heavy (non-hydrogen) atoms. The lowest BCUT2D eigenvalue weighted by Gasteiger charge is -2.15. The monoisotopic (exact) mass is 256 g/mol. The summed E-state index contributed by atoms with van der Waals surface area (Å²) in [6.07, 6.45) is 2.92. The molecule has 0 amide bonds. The minimum atomic E-state index is -0.276. The maximum Gasteiger partial charge on any atom is 0.120 e. The van der Waals surface area contributed by atoms with Crippen molar-refractivity contribution >= 4 is 10.9 Å². The van der Waals surface area contributed by atoms with E-state index < -0.39 is 0 Å². The Morgan fingerprint density at radius 1 is 1.32 bits per heavy atom. The summed E-state index contributed by atoms with van der Waals surface area (Å²) < 4.78 is 7.70. The summed E-state index contributed by atoms with van der Waals surface area (Å²) in [4.78, 5) is 0. The topological polar surface area (TPSA) is 38.0 Å². The number of fused-ring (bicyclic) bond motifs is 1. The lowest BCUT2D eigenvalue weighted by atomic mass is 9.91. The van der Waals surface area contributed by atoms with E-state index in [1.165, 1.54) is 10.9 Å². The van der Waals surface area contributed by atoms with E-state index in [-0.39, 0.29) is 5.41 Å². The maximum absolute atomic E-state index is 9.06. The summed E-state index contributed by atoms with van der Waals surface area (Å²) in [5.41, 5.74) is 0.916. The number of aromatic nitrogens is 1. The predicted molar refractivity (Wildman–Crippen MR) is 77.1 cm³/mol. The van der Waals surface area contributed by atoms with Gasteiger partial charge in [-0.25, -0.2) is 0 Å². The molecule has 2 aromatic rings. The Kier molecular flexibility index (Phi) is 3.80. The van der Waals surface area contributed by atoms with Crippen molar-refractivity contribution in [1.29, 1.82) is 5.26 Å². The molecule has 0 N–H and O–H groups in total. The Morgan fingerprint density at radius 2 is 2.11 bits per heavy atom. The second-order valence-corrected chi connectivity index (χ2v) is 5.41. The van der Waals surface area contributed by atoms with Crippen LogP contribution in [0.5, 0.6) is 5.75 Å². The van der Waals surface area contributed by atoms with E-state index in [2.05, 4.69) is 35.0 Å².